The van der Waals surface area contributed by atoms with Crippen LogP contribution in [0.25, 0.3) is 33.4 Å². The van der Waals surface area contributed by atoms with Crippen LogP contribution in [0.1, 0.15) is 16.1 Å². The van der Waals surface area contributed by atoms with Crippen molar-refractivity contribution in [3.8, 4) is 22.5 Å². The fraction of sp³-hybridized carbons (Fsp3) is 0.107. The number of aromatic nitrogens is 4. The molecule has 8 nitrogen and oxygen atoms in total. The summed E-state index contributed by atoms with van der Waals surface area (Å²) in [5.74, 6) is -0.884. The van der Waals surface area contributed by atoms with E-state index in [4.69, 9.17) is 21.4 Å². The number of carbonyl (C=O) groups is 2. The molecule has 0 aliphatic rings. The van der Waals surface area contributed by atoms with Gasteiger partial charge in [0.2, 0.25) is 5.91 Å². The molecule has 1 amide bonds. The van der Waals surface area contributed by atoms with Crippen molar-refractivity contribution in [2.75, 3.05) is 12.4 Å². The Labute approximate surface area is 217 Å². The number of carbonyl (C=O) groups excluding carboxylic acids is 2. The lowest BCUT2D eigenvalue weighted by Gasteiger charge is -2.08. The van der Waals surface area contributed by atoms with E-state index in [1.165, 1.54) is 19.2 Å². The largest absolute Gasteiger partial charge is 0.465 e. The molecule has 0 bridgehead atoms. The highest BCUT2D eigenvalue weighted by Gasteiger charge is 2.18. The van der Waals surface area contributed by atoms with Crippen LogP contribution in [0.5, 0.6) is 0 Å². The quantitative estimate of drug-likeness (QED) is 0.300. The van der Waals surface area contributed by atoms with Gasteiger partial charge in [0.25, 0.3) is 0 Å². The van der Waals surface area contributed by atoms with Gasteiger partial charge in [-0.1, -0.05) is 35.9 Å². The minimum Gasteiger partial charge on any atom is -0.465 e. The number of nitrogens with zero attached hydrogens (tertiary/aromatic N) is 4. The smallest absolute Gasteiger partial charge is 0.337 e. The van der Waals surface area contributed by atoms with Crippen molar-refractivity contribution in [1.82, 2.24) is 19.7 Å². The number of benzene rings is 2. The van der Waals surface area contributed by atoms with Crippen LogP contribution in [0.4, 0.5) is 5.69 Å². The Morgan fingerprint density at radius 1 is 1.03 bits per heavy atom. The predicted octanol–water partition coefficient (Wildman–Crippen LogP) is 5.55. The summed E-state index contributed by atoms with van der Waals surface area (Å²) < 4.78 is 6.33. The highest BCUT2D eigenvalue weighted by atomic mass is 35.5. The zero-order chi connectivity index (χ0) is 25.9. The number of rotatable bonds is 6. The van der Waals surface area contributed by atoms with Crippen LogP contribution in [0.2, 0.25) is 5.02 Å². The zero-order valence-corrected chi connectivity index (χ0v) is 20.9. The summed E-state index contributed by atoms with van der Waals surface area (Å²) in [7, 11) is 1.28. The van der Waals surface area contributed by atoms with Crippen molar-refractivity contribution < 1.29 is 14.3 Å². The third kappa shape index (κ3) is 5.19. The number of para-hydroxylation sites is 1. The van der Waals surface area contributed by atoms with Crippen molar-refractivity contribution in [2.45, 2.75) is 13.5 Å². The molecule has 9 heteroatoms. The van der Waals surface area contributed by atoms with Crippen molar-refractivity contribution in [3.05, 3.63) is 95.4 Å². The van der Waals surface area contributed by atoms with Crippen molar-refractivity contribution in [1.29, 1.82) is 0 Å². The number of hydrogen-bond donors (Lipinski definition) is 1. The summed E-state index contributed by atoms with van der Waals surface area (Å²) in [6, 6.07) is 20.1. The second-order valence-electron chi connectivity index (χ2n) is 8.40. The summed E-state index contributed by atoms with van der Waals surface area (Å²) in [6.07, 6.45) is 3.59. The van der Waals surface area contributed by atoms with Gasteiger partial charge in [-0.05, 0) is 55.0 Å². The first-order valence-corrected chi connectivity index (χ1v) is 11.8. The van der Waals surface area contributed by atoms with Crippen LogP contribution in [0.15, 0.2) is 79.1 Å². The van der Waals surface area contributed by atoms with E-state index in [0.29, 0.717) is 22.1 Å². The average molecular weight is 512 g/mol. The fourth-order valence-electron chi connectivity index (χ4n) is 4.14. The van der Waals surface area contributed by atoms with Crippen molar-refractivity contribution >= 4 is 40.1 Å². The van der Waals surface area contributed by atoms with Gasteiger partial charge in [0.05, 0.1) is 23.9 Å². The zero-order valence-electron chi connectivity index (χ0n) is 20.1. The maximum absolute atomic E-state index is 12.9. The summed E-state index contributed by atoms with van der Waals surface area (Å²) >= 11 is 6.13. The fourth-order valence-corrected chi connectivity index (χ4v) is 4.37. The van der Waals surface area contributed by atoms with Crippen LogP contribution in [-0.4, -0.2) is 38.7 Å². The van der Waals surface area contributed by atoms with E-state index < -0.39 is 5.97 Å². The average Bonchev–Trinajstić information content (AvgIpc) is 3.30. The van der Waals surface area contributed by atoms with Crippen LogP contribution < -0.4 is 5.32 Å². The molecule has 0 aliphatic heterocycles. The van der Waals surface area contributed by atoms with E-state index in [1.807, 2.05) is 61.7 Å². The molecule has 3 heterocycles. The molecule has 0 aliphatic carbocycles. The van der Waals surface area contributed by atoms with Gasteiger partial charge < -0.3 is 10.1 Å². The summed E-state index contributed by atoms with van der Waals surface area (Å²) in [5.41, 5.74) is 5.47. The molecule has 0 radical (unpaired) electrons. The highest BCUT2D eigenvalue weighted by molar-refractivity contribution is 6.31. The number of hydrogen-bond acceptors (Lipinski definition) is 6. The maximum atomic E-state index is 12.9. The van der Waals surface area contributed by atoms with Crippen LogP contribution in [0.3, 0.4) is 0 Å². The molecule has 0 fully saturated rings. The number of ether oxygens (including phenoxy) is 1. The monoisotopic (exact) mass is 511 g/mol. The molecule has 1 N–H and O–H groups in total. The molecular formula is C28H22ClN5O3. The van der Waals surface area contributed by atoms with Gasteiger partial charge in [0.15, 0.2) is 0 Å². The minimum atomic E-state index is -0.547. The molecule has 0 saturated heterocycles. The summed E-state index contributed by atoms with van der Waals surface area (Å²) in [6.45, 7) is 1.85. The van der Waals surface area contributed by atoms with Crippen LogP contribution >= 0.6 is 11.6 Å². The minimum absolute atomic E-state index is 0.0676. The molecule has 5 rings (SSSR count). The standard InChI is InChI=1S/C28H22ClN5O3/c1-17-6-5-9-25(31-17)27-23(21-10-11-30-24-8-4-3-7-22(21)24)15-34(33-27)16-26(35)32-20-13-18(28(36)37-2)12-19(29)14-20/h3-15H,16H2,1-2H3,(H,32,35). The van der Waals surface area contributed by atoms with Gasteiger partial charge in [-0.15, -0.1) is 0 Å². The van der Waals surface area contributed by atoms with E-state index in [-0.39, 0.29) is 18.0 Å². The molecule has 0 spiro atoms. The third-order valence-corrected chi connectivity index (χ3v) is 5.96. The van der Waals surface area contributed by atoms with Crippen molar-refractivity contribution in [2.24, 2.45) is 0 Å². The van der Waals surface area contributed by atoms with Crippen LogP contribution in [-0.2, 0) is 16.1 Å². The van der Waals surface area contributed by atoms with Gasteiger partial charge in [0, 0.05) is 39.7 Å². The molecule has 0 atom stereocenters. The molecule has 2 aromatic carbocycles. The Kier molecular flexibility index (Phi) is 6.66. The van der Waals surface area contributed by atoms with Crippen LogP contribution in [0, 0.1) is 6.92 Å². The molecule has 3 aromatic heterocycles. The van der Waals surface area contributed by atoms with Gasteiger partial charge in [-0.3, -0.25) is 19.4 Å². The van der Waals surface area contributed by atoms with E-state index in [2.05, 4.69) is 15.3 Å². The lowest BCUT2D eigenvalue weighted by Crippen LogP contribution is -2.19. The number of fused-ring (bicyclic) bond motifs is 1. The van der Waals surface area contributed by atoms with Crippen molar-refractivity contribution in [3.63, 3.8) is 0 Å². The Morgan fingerprint density at radius 3 is 2.68 bits per heavy atom. The molecule has 37 heavy (non-hydrogen) atoms. The molecule has 184 valence electrons. The van der Waals surface area contributed by atoms with Gasteiger partial charge in [0.1, 0.15) is 12.2 Å². The number of nitrogens with one attached hydrogen (secondary N) is 1. The number of aryl methyl sites for hydroxylation is 1. The second-order valence-corrected chi connectivity index (χ2v) is 8.83. The first-order valence-electron chi connectivity index (χ1n) is 11.5. The number of pyridine rings is 2. The Morgan fingerprint density at radius 2 is 1.86 bits per heavy atom. The molecule has 0 saturated carbocycles. The topological polar surface area (TPSA) is 99.0 Å². The highest BCUT2D eigenvalue weighted by Crippen LogP contribution is 2.34. The van der Waals surface area contributed by atoms with E-state index in [9.17, 15) is 9.59 Å². The number of methoxy groups -OCH3 is 1. The normalized spacial score (nSPS) is 10.9. The number of anilines is 1. The summed E-state index contributed by atoms with van der Waals surface area (Å²) in [4.78, 5) is 34.0. The second kappa shape index (κ2) is 10.2. The van der Waals surface area contributed by atoms with Gasteiger partial charge >= 0.3 is 5.97 Å². The third-order valence-electron chi connectivity index (χ3n) is 5.74. The lowest BCUT2D eigenvalue weighted by molar-refractivity contribution is -0.116. The Balaban J connectivity index is 1.51. The number of halogens is 1. The molecule has 0 unspecified atom stereocenters. The van der Waals surface area contributed by atoms with Gasteiger partial charge in [-0.25, -0.2) is 4.79 Å². The number of amides is 1. The maximum Gasteiger partial charge on any atom is 0.337 e. The first kappa shape index (κ1) is 24.1. The first-order chi connectivity index (χ1) is 17.9. The van der Waals surface area contributed by atoms with E-state index in [1.54, 1.807) is 16.9 Å². The van der Waals surface area contributed by atoms with Gasteiger partial charge in [-0.2, -0.15) is 5.10 Å². The summed E-state index contributed by atoms with van der Waals surface area (Å²) in [5, 5.41) is 8.79. The molecule has 5 aromatic rings. The SMILES string of the molecule is COC(=O)c1cc(Cl)cc(NC(=O)Cn2cc(-c3ccnc4ccccc34)c(-c3cccc(C)n3)n2)c1. The Bertz CT molecular complexity index is 1640. The van der Waals surface area contributed by atoms with E-state index >= 15 is 0 Å². The lowest BCUT2D eigenvalue weighted by atomic mass is 10.0. The predicted molar refractivity (Wildman–Crippen MR) is 142 cm³/mol. The Hall–Kier alpha value is -4.56. The molecular weight excluding hydrogens is 490 g/mol. The van der Waals surface area contributed by atoms with E-state index in [0.717, 1.165) is 27.7 Å². The number of esters is 1.